The number of aromatic nitrogens is 1. The third-order valence-corrected chi connectivity index (χ3v) is 1.10. The Balaban J connectivity index is 2.77. The average molecular weight is 110 g/mol. The van der Waals surface area contributed by atoms with Crippen LogP contribution < -0.4 is 4.90 Å². The van der Waals surface area contributed by atoms with Crippen molar-refractivity contribution in [3.63, 3.8) is 0 Å². The maximum absolute atomic E-state index is 2.97. The van der Waals surface area contributed by atoms with Crippen LogP contribution in [-0.2, 0) is 0 Å². The van der Waals surface area contributed by atoms with Gasteiger partial charge in [-0.15, -0.1) is 0 Å². The topological polar surface area (TPSA) is 19.0 Å². The van der Waals surface area contributed by atoms with E-state index in [1.807, 2.05) is 32.6 Å². The van der Waals surface area contributed by atoms with E-state index >= 15 is 0 Å². The molecule has 0 aliphatic carbocycles. The number of anilines is 1. The molecule has 0 aliphatic rings. The van der Waals surface area contributed by atoms with Crippen molar-refractivity contribution in [2.75, 3.05) is 19.0 Å². The van der Waals surface area contributed by atoms with Crippen LogP contribution in [-0.4, -0.2) is 19.1 Å². The zero-order valence-corrected chi connectivity index (χ0v) is 5.18. The normalized spacial score (nSPS) is 9.25. The minimum atomic E-state index is 1.21. The maximum atomic E-state index is 2.97. The van der Waals surface area contributed by atoms with Gasteiger partial charge in [-0.25, -0.2) is 0 Å². The number of nitrogens with zero attached hydrogens (tertiary/aromatic N) is 1. The standard InChI is InChI=1S/C6H10N2/c1-8(2)6-3-4-7-5-6/h3-5,7H,1-2H3. The molecule has 0 atom stereocenters. The number of aromatic amines is 1. The Morgan fingerprint density at radius 2 is 2.25 bits per heavy atom. The van der Waals surface area contributed by atoms with Gasteiger partial charge in [-0.3, -0.25) is 0 Å². The number of rotatable bonds is 1. The van der Waals surface area contributed by atoms with Crippen LogP contribution in [0.2, 0.25) is 0 Å². The molecule has 1 aromatic rings. The van der Waals surface area contributed by atoms with Crippen molar-refractivity contribution in [3.05, 3.63) is 18.5 Å². The van der Waals surface area contributed by atoms with Gasteiger partial charge < -0.3 is 9.88 Å². The SMILES string of the molecule is CN(C)c1cc[nH]c1. The van der Waals surface area contributed by atoms with Crippen molar-refractivity contribution in [3.8, 4) is 0 Å². The highest BCUT2D eigenvalue weighted by molar-refractivity contribution is 5.41. The molecule has 1 N–H and O–H groups in total. The minimum Gasteiger partial charge on any atom is -0.376 e. The fourth-order valence-electron chi connectivity index (χ4n) is 0.593. The molecule has 0 bridgehead atoms. The summed E-state index contributed by atoms with van der Waals surface area (Å²) in [6.07, 6.45) is 3.87. The molecule has 0 fully saturated rings. The zero-order chi connectivity index (χ0) is 5.98. The van der Waals surface area contributed by atoms with Crippen LogP contribution in [0, 0.1) is 0 Å². The van der Waals surface area contributed by atoms with Gasteiger partial charge in [-0.1, -0.05) is 0 Å². The molecule has 0 saturated heterocycles. The molecule has 8 heavy (non-hydrogen) atoms. The number of hydrogen-bond acceptors (Lipinski definition) is 1. The summed E-state index contributed by atoms with van der Waals surface area (Å²) < 4.78 is 0. The Labute approximate surface area is 49.1 Å². The molecular formula is C6H10N2. The van der Waals surface area contributed by atoms with Crippen molar-refractivity contribution in [2.24, 2.45) is 0 Å². The summed E-state index contributed by atoms with van der Waals surface area (Å²) in [7, 11) is 4.03. The molecule has 0 spiro atoms. The highest BCUT2D eigenvalue weighted by atomic mass is 15.1. The Kier molecular flexibility index (Phi) is 1.24. The lowest BCUT2D eigenvalue weighted by Crippen LogP contribution is -2.06. The van der Waals surface area contributed by atoms with Gasteiger partial charge >= 0.3 is 0 Å². The lowest BCUT2D eigenvalue weighted by atomic mass is 10.5. The zero-order valence-electron chi connectivity index (χ0n) is 5.18. The fraction of sp³-hybridized carbons (Fsp3) is 0.333. The Hall–Kier alpha value is -0.920. The lowest BCUT2D eigenvalue weighted by molar-refractivity contribution is 1.13. The molecule has 44 valence electrons. The van der Waals surface area contributed by atoms with Crippen molar-refractivity contribution in [2.45, 2.75) is 0 Å². The predicted octanol–water partition coefficient (Wildman–Crippen LogP) is 1.08. The Morgan fingerprint density at radius 1 is 1.50 bits per heavy atom. The van der Waals surface area contributed by atoms with Gasteiger partial charge in [-0.2, -0.15) is 0 Å². The van der Waals surface area contributed by atoms with Gasteiger partial charge in [0.25, 0.3) is 0 Å². The van der Waals surface area contributed by atoms with Crippen molar-refractivity contribution >= 4 is 5.69 Å². The average Bonchev–Trinajstić information content (AvgIpc) is 2.12. The summed E-state index contributed by atoms with van der Waals surface area (Å²) in [5.74, 6) is 0. The summed E-state index contributed by atoms with van der Waals surface area (Å²) in [5, 5.41) is 0. The summed E-state index contributed by atoms with van der Waals surface area (Å²) in [6, 6.07) is 2.03. The molecule has 0 amide bonds. The second-order valence-electron chi connectivity index (χ2n) is 1.96. The Bertz CT molecular complexity index is 142. The number of hydrogen-bond donors (Lipinski definition) is 1. The monoisotopic (exact) mass is 110 g/mol. The van der Waals surface area contributed by atoms with Crippen LogP contribution >= 0.6 is 0 Å². The maximum Gasteiger partial charge on any atom is 0.0538 e. The van der Waals surface area contributed by atoms with E-state index in [0.29, 0.717) is 0 Å². The van der Waals surface area contributed by atoms with Crippen LogP contribution in [0.25, 0.3) is 0 Å². The molecule has 1 heterocycles. The number of H-pyrrole nitrogens is 1. The van der Waals surface area contributed by atoms with E-state index in [2.05, 4.69) is 9.88 Å². The van der Waals surface area contributed by atoms with Gasteiger partial charge in [0.05, 0.1) is 5.69 Å². The van der Waals surface area contributed by atoms with E-state index in [9.17, 15) is 0 Å². The van der Waals surface area contributed by atoms with E-state index in [1.54, 1.807) is 0 Å². The summed E-state index contributed by atoms with van der Waals surface area (Å²) in [5.41, 5.74) is 1.21. The minimum absolute atomic E-state index is 1.21. The molecule has 1 rings (SSSR count). The first-order valence-corrected chi connectivity index (χ1v) is 2.61. The largest absolute Gasteiger partial charge is 0.376 e. The van der Waals surface area contributed by atoms with Crippen LogP contribution in [0.15, 0.2) is 18.5 Å². The van der Waals surface area contributed by atoms with E-state index in [4.69, 9.17) is 0 Å². The van der Waals surface area contributed by atoms with Gasteiger partial charge in [-0.05, 0) is 6.07 Å². The quantitative estimate of drug-likeness (QED) is 0.573. The first kappa shape index (κ1) is 5.22. The predicted molar refractivity (Wildman–Crippen MR) is 35.1 cm³/mol. The third kappa shape index (κ3) is 0.832. The molecule has 0 aliphatic heterocycles. The second-order valence-corrected chi connectivity index (χ2v) is 1.96. The van der Waals surface area contributed by atoms with Gasteiger partial charge in [0.2, 0.25) is 0 Å². The molecular weight excluding hydrogens is 100 g/mol. The molecule has 0 saturated carbocycles. The van der Waals surface area contributed by atoms with Crippen molar-refractivity contribution in [1.29, 1.82) is 0 Å². The third-order valence-electron chi connectivity index (χ3n) is 1.10. The summed E-state index contributed by atoms with van der Waals surface area (Å²) in [6.45, 7) is 0. The van der Waals surface area contributed by atoms with E-state index in [1.165, 1.54) is 5.69 Å². The van der Waals surface area contributed by atoms with Gasteiger partial charge in [0, 0.05) is 26.5 Å². The second kappa shape index (κ2) is 1.90. The summed E-state index contributed by atoms with van der Waals surface area (Å²) >= 11 is 0. The van der Waals surface area contributed by atoms with E-state index < -0.39 is 0 Å². The van der Waals surface area contributed by atoms with Crippen LogP contribution in [0.3, 0.4) is 0 Å². The molecule has 2 nitrogen and oxygen atoms in total. The molecule has 2 heteroatoms. The summed E-state index contributed by atoms with van der Waals surface area (Å²) in [4.78, 5) is 5.02. The molecule has 0 unspecified atom stereocenters. The molecule has 0 aromatic carbocycles. The first-order valence-electron chi connectivity index (χ1n) is 2.61. The molecule has 1 aromatic heterocycles. The Morgan fingerprint density at radius 3 is 2.50 bits per heavy atom. The smallest absolute Gasteiger partial charge is 0.0538 e. The lowest BCUT2D eigenvalue weighted by Gasteiger charge is -2.06. The number of nitrogens with one attached hydrogen (secondary N) is 1. The van der Waals surface area contributed by atoms with Gasteiger partial charge in [0.1, 0.15) is 0 Å². The van der Waals surface area contributed by atoms with E-state index in [0.717, 1.165) is 0 Å². The van der Waals surface area contributed by atoms with Crippen LogP contribution in [0.1, 0.15) is 0 Å². The highest BCUT2D eigenvalue weighted by Crippen LogP contribution is 2.05. The van der Waals surface area contributed by atoms with E-state index in [-0.39, 0.29) is 0 Å². The van der Waals surface area contributed by atoms with Crippen LogP contribution in [0.4, 0.5) is 5.69 Å². The van der Waals surface area contributed by atoms with Crippen LogP contribution in [0.5, 0.6) is 0 Å². The highest BCUT2D eigenvalue weighted by Gasteiger charge is 1.89. The van der Waals surface area contributed by atoms with Crippen molar-refractivity contribution in [1.82, 2.24) is 4.98 Å². The van der Waals surface area contributed by atoms with Crippen molar-refractivity contribution < 1.29 is 0 Å². The first-order chi connectivity index (χ1) is 3.80. The molecule has 0 radical (unpaired) electrons. The fourth-order valence-corrected chi connectivity index (χ4v) is 0.593. The van der Waals surface area contributed by atoms with Gasteiger partial charge in [0.15, 0.2) is 0 Å².